The first-order valence-corrected chi connectivity index (χ1v) is 16.4. The van der Waals surface area contributed by atoms with E-state index in [1.807, 2.05) is 54.6 Å². The number of nitrogens with zero attached hydrogens (tertiary/aromatic N) is 3. The van der Waals surface area contributed by atoms with Gasteiger partial charge in [-0.05, 0) is 57.6 Å². The van der Waals surface area contributed by atoms with Gasteiger partial charge in [0.15, 0.2) is 17.5 Å². The average Bonchev–Trinajstić information content (AvgIpc) is 3.57. The Kier molecular flexibility index (Phi) is 7.10. The molecule has 7 aromatic carbocycles. The molecule has 0 saturated carbocycles. The van der Waals surface area contributed by atoms with Crippen LogP contribution in [0.2, 0.25) is 0 Å². The molecule has 0 bridgehead atoms. The van der Waals surface area contributed by atoms with E-state index in [9.17, 15) is 0 Å². The van der Waals surface area contributed by atoms with E-state index in [4.69, 9.17) is 19.4 Å². The van der Waals surface area contributed by atoms with Gasteiger partial charge in [0.2, 0.25) is 0 Å². The van der Waals surface area contributed by atoms with Crippen molar-refractivity contribution in [3.63, 3.8) is 0 Å². The summed E-state index contributed by atoms with van der Waals surface area (Å²) in [5, 5.41) is 2.00. The number of fused-ring (bicyclic) bond motifs is 3. The van der Waals surface area contributed by atoms with Crippen LogP contribution in [0, 0.1) is 0 Å². The highest BCUT2D eigenvalue weighted by atomic mass is 16.3. The molecule has 0 radical (unpaired) electrons. The lowest BCUT2D eigenvalue weighted by Gasteiger charge is -2.10. The normalized spacial score (nSPS) is 11.3. The molecule has 230 valence electrons. The Labute approximate surface area is 284 Å². The minimum absolute atomic E-state index is 0.597. The van der Waals surface area contributed by atoms with Gasteiger partial charge in [-0.3, -0.25) is 0 Å². The SMILES string of the molecule is c1ccc(-c2ccc(-c3ccc4oc5cccc(-c6nc(-c7ccccc7)nc(-c7cccc(-c8ccccc8)c7)n6)c5c4c3)cc2)cc1. The second kappa shape index (κ2) is 12.2. The van der Waals surface area contributed by atoms with Crippen molar-refractivity contribution in [2.24, 2.45) is 0 Å². The Bertz CT molecular complexity index is 2580. The standard InChI is InChI=1S/C45H29N3O/c1-4-12-30(13-5-1)32-22-24-33(25-23-32)36-26-27-40-39(29-36)42-38(20-11-21-41(42)49-40)45-47-43(34-16-8-3-9-17-34)46-44(48-45)37-19-10-18-35(28-37)31-14-6-2-7-15-31/h1-29H. The van der Waals surface area contributed by atoms with Crippen molar-refractivity contribution in [2.45, 2.75) is 0 Å². The van der Waals surface area contributed by atoms with Crippen molar-refractivity contribution < 1.29 is 4.42 Å². The lowest BCUT2D eigenvalue weighted by Crippen LogP contribution is -2.00. The molecule has 0 atom stereocenters. The van der Waals surface area contributed by atoms with Crippen LogP contribution in [0.4, 0.5) is 0 Å². The summed E-state index contributed by atoms with van der Waals surface area (Å²) in [6, 6.07) is 60.5. The number of hydrogen-bond acceptors (Lipinski definition) is 4. The van der Waals surface area contributed by atoms with Gasteiger partial charge >= 0.3 is 0 Å². The van der Waals surface area contributed by atoms with E-state index >= 15 is 0 Å². The molecule has 49 heavy (non-hydrogen) atoms. The molecule has 4 nitrogen and oxygen atoms in total. The van der Waals surface area contributed by atoms with Crippen LogP contribution >= 0.6 is 0 Å². The van der Waals surface area contributed by atoms with E-state index in [0.29, 0.717) is 17.5 Å². The van der Waals surface area contributed by atoms with Gasteiger partial charge in [-0.25, -0.2) is 15.0 Å². The summed E-state index contributed by atoms with van der Waals surface area (Å²) in [6.45, 7) is 0. The third-order valence-corrected chi connectivity index (χ3v) is 8.96. The first-order chi connectivity index (χ1) is 24.3. The molecule has 0 aliphatic rings. The monoisotopic (exact) mass is 627 g/mol. The molecule has 9 rings (SSSR count). The van der Waals surface area contributed by atoms with E-state index in [1.54, 1.807) is 0 Å². The minimum Gasteiger partial charge on any atom is -0.456 e. The topological polar surface area (TPSA) is 51.8 Å². The van der Waals surface area contributed by atoms with Crippen LogP contribution in [0.1, 0.15) is 0 Å². The summed E-state index contributed by atoms with van der Waals surface area (Å²) < 4.78 is 6.41. The van der Waals surface area contributed by atoms with Crippen LogP contribution in [0.25, 0.3) is 89.5 Å². The van der Waals surface area contributed by atoms with Gasteiger partial charge in [-0.15, -0.1) is 0 Å². The first kappa shape index (κ1) is 28.6. The Morgan fingerprint density at radius 3 is 1.47 bits per heavy atom. The van der Waals surface area contributed by atoms with Crippen molar-refractivity contribution >= 4 is 21.9 Å². The minimum atomic E-state index is 0.597. The second-order valence-corrected chi connectivity index (χ2v) is 12.1. The molecule has 0 spiro atoms. The van der Waals surface area contributed by atoms with Crippen LogP contribution in [0.15, 0.2) is 180 Å². The highest BCUT2D eigenvalue weighted by Crippen LogP contribution is 2.39. The highest BCUT2D eigenvalue weighted by molar-refractivity contribution is 6.12. The third kappa shape index (κ3) is 5.45. The van der Waals surface area contributed by atoms with Gasteiger partial charge in [0.05, 0.1) is 0 Å². The number of benzene rings is 7. The summed E-state index contributed by atoms with van der Waals surface area (Å²) in [5.74, 6) is 1.83. The van der Waals surface area contributed by atoms with Gasteiger partial charge in [-0.2, -0.15) is 0 Å². The highest BCUT2D eigenvalue weighted by Gasteiger charge is 2.18. The molecule has 4 heteroatoms. The fraction of sp³-hybridized carbons (Fsp3) is 0. The number of aromatic nitrogens is 3. The van der Waals surface area contributed by atoms with Crippen molar-refractivity contribution in [3.8, 4) is 67.5 Å². The number of furan rings is 1. The summed E-state index contributed by atoms with van der Waals surface area (Å²) in [5.41, 5.74) is 11.3. The molecule has 0 saturated heterocycles. The molecule has 0 aliphatic carbocycles. The van der Waals surface area contributed by atoms with Crippen molar-refractivity contribution in [3.05, 3.63) is 176 Å². The van der Waals surface area contributed by atoms with Crippen LogP contribution in [0.5, 0.6) is 0 Å². The van der Waals surface area contributed by atoms with E-state index in [2.05, 4.69) is 121 Å². The van der Waals surface area contributed by atoms with Crippen LogP contribution < -0.4 is 0 Å². The average molecular weight is 628 g/mol. The van der Waals surface area contributed by atoms with Crippen molar-refractivity contribution in [1.29, 1.82) is 0 Å². The predicted octanol–water partition coefficient (Wildman–Crippen LogP) is 11.8. The second-order valence-electron chi connectivity index (χ2n) is 12.1. The van der Waals surface area contributed by atoms with Crippen LogP contribution in [-0.2, 0) is 0 Å². The molecule has 0 aliphatic heterocycles. The molecule has 2 aromatic heterocycles. The van der Waals surface area contributed by atoms with Crippen LogP contribution in [0.3, 0.4) is 0 Å². The Hall–Kier alpha value is -6.65. The van der Waals surface area contributed by atoms with E-state index in [-0.39, 0.29) is 0 Å². The zero-order valence-corrected chi connectivity index (χ0v) is 26.5. The molecule has 9 aromatic rings. The molecule has 0 fully saturated rings. The van der Waals surface area contributed by atoms with Gasteiger partial charge in [0.1, 0.15) is 11.2 Å². The van der Waals surface area contributed by atoms with E-state index in [1.165, 1.54) is 11.1 Å². The zero-order chi connectivity index (χ0) is 32.6. The van der Waals surface area contributed by atoms with Gasteiger partial charge < -0.3 is 4.42 Å². The maximum absolute atomic E-state index is 6.41. The fourth-order valence-corrected chi connectivity index (χ4v) is 6.49. The number of rotatable bonds is 6. The van der Waals surface area contributed by atoms with Crippen molar-refractivity contribution in [1.82, 2.24) is 15.0 Å². The van der Waals surface area contributed by atoms with Gasteiger partial charge in [0, 0.05) is 27.5 Å². The molecular weight excluding hydrogens is 599 g/mol. The van der Waals surface area contributed by atoms with Crippen LogP contribution in [-0.4, -0.2) is 15.0 Å². The zero-order valence-electron chi connectivity index (χ0n) is 26.5. The first-order valence-electron chi connectivity index (χ1n) is 16.4. The summed E-state index contributed by atoms with van der Waals surface area (Å²) in [6.07, 6.45) is 0. The maximum atomic E-state index is 6.41. The van der Waals surface area contributed by atoms with Gasteiger partial charge in [-0.1, -0.05) is 152 Å². The Balaban J connectivity index is 1.19. The van der Waals surface area contributed by atoms with Gasteiger partial charge in [0.25, 0.3) is 0 Å². The predicted molar refractivity (Wildman–Crippen MR) is 200 cm³/mol. The summed E-state index contributed by atoms with van der Waals surface area (Å²) in [4.78, 5) is 15.2. The fourth-order valence-electron chi connectivity index (χ4n) is 6.49. The quantitative estimate of drug-likeness (QED) is 0.184. The maximum Gasteiger partial charge on any atom is 0.164 e. The smallest absolute Gasteiger partial charge is 0.164 e. The Morgan fingerprint density at radius 1 is 0.306 bits per heavy atom. The molecule has 0 unspecified atom stereocenters. The lowest BCUT2D eigenvalue weighted by atomic mass is 9.98. The molecule has 2 heterocycles. The third-order valence-electron chi connectivity index (χ3n) is 8.96. The Morgan fingerprint density at radius 2 is 0.776 bits per heavy atom. The molecular formula is C45H29N3O. The van der Waals surface area contributed by atoms with E-state index < -0.39 is 0 Å². The molecule has 0 N–H and O–H groups in total. The van der Waals surface area contributed by atoms with E-state index in [0.717, 1.165) is 60.9 Å². The summed E-state index contributed by atoms with van der Waals surface area (Å²) in [7, 11) is 0. The lowest BCUT2D eigenvalue weighted by molar-refractivity contribution is 0.669. The largest absolute Gasteiger partial charge is 0.456 e. The van der Waals surface area contributed by atoms with Crippen molar-refractivity contribution in [2.75, 3.05) is 0 Å². The molecule has 0 amide bonds. The number of hydrogen-bond donors (Lipinski definition) is 0. The summed E-state index contributed by atoms with van der Waals surface area (Å²) >= 11 is 0.